The molecule has 1 rings (SSSR count). The largest absolute Gasteiger partial charge is 0.403 e. The lowest BCUT2D eigenvalue weighted by Gasteiger charge is -2.38. The summed E-state index contributed by atoms with van der Waals surface area (Å²) in [5, 5.41) is 0. The van der Waals surface area contributed by atoms with Crippen LogP contribution in [-0.4, -0.2) is 44.3 Å². The number of hydrogen-bond acceptors (Lipinski definition) is 2. The predicted molar refractivity (Wildman–Crippen MR) is 50.7 cm³/mol. The van der Waals surface area contributed by atoms with Crippen molar-refractivity contribution in [3.8, 4) is 0 Å². The quantitative estimate of drug-likeness (QED) is 0.471. The van der Waals surface area contributed by atoms with E-state index < -0.39 is 14.4 Å². The average Bonchev–Trinajstić information content (AvgIpc) is 1.96. The molecule has 3 nitrogen and oxygen atoms in total. The highest BCUT2D eigenvalue weighted by Gasteiger charge is 2.38. The lowest BCUT2D eigenvalue weighted by molar-refractivity contribution is -0.138. The molecule has 0 radical (unpaired) electrons. The van der Waals surface area contributed by atoms with Gasteiger partial charge in [0.1, 0.15) is 6.10 Å². The summed E-state index contributed by atoms with van der Waals surface area (Å²) in [7, 11) is 0.146. The number of hydrogen-bond donors (Lipinski definition) is 0. The van der Waals surface area contributed by atoms with Gasteiger partial charge in [-0.15, -0.1) is 11.6 Å². The van der Waals surface area contributed by atoms with E-state index in [1.165, 1.54) is 0 Å². The zero-order valence-corrected chi connectivity index (χ0v) is 9.39. The number of likely N-dealkylation sites (N-methyl/N-ethyl adjacent to an activating group) is 1. The molecule has 0 aromatic heterocycles. The van der Waals surface area contributed by atoms with Crippen molar-refractivity contribution in [3.63, 3.8) is 0 Å². The molecule has 0 aliphatic carbocycles. The first-order valence-corrected chi connectivity index (χ1v) is 7.60. The highest BCUT2D eigenvalue weighted by Crippen LogP contribution is 2.18. The van der Waals surface area contributed by atoms with E-state index in [0.717, 1.165) is 6.17 Å². The molecule has 1 atom stereocenters. The zero-order chi connectivity index (χ0) is 9.35. The Morgan fingerprint density at radius 1 is 1.75 bits per heavy atom. The van der Waals surface area contributed by atoms with Gasteiger partial charge in [0.2, 0.25) is 8.32 Å². The fourth-order valence-electron chi connectivity index (χ4n) is 1.47. The van der Waals surface area contributed by atoms with Crippen LogP contribution in [0, 0.1) is 0 Å². The molecule has 1 aliphatic rings. The molecule has 1 saturated heterocycles. The highest BCUT2D eigenvalue weighted by atomic mass is 35.5. The van der Waals surface area contributed by atoms with Crippen LogP contribution in [0.15, 0.2) is 0 Å². The third-order valence-electron chi connectivity index (χ3n) is 1.87. The summed E-state index contributed by atoms with van der Waals surface area (Å²) < 4.78 is 5.62. The minimum atomic E-state index is -1.66. The monoisotopic (exact) mass is 207 g/mol. The maximum atomic E-state index is 11.4. The number of halogens is 1. The molecule has 70 valence electrons. The maximum Gasteiger partial charge on any atom is 0.251 e. The Morgan fingerprint density at radius 2 is 2.33 bits per heavy atom. The van der Waals surface area contributed by atoms with E-state index in [9.17, 15) is 4.79 Å². The van der Waals surface area contributed by atoms with Crippen LogP contribution in [0.25, 0.3) is 0 Å². The van der Waals surface area contributed by atoms with Gasteiger partial charge in [-0.2, -0.15) is 0 Å². The SMILES string of the molecule is CN1C[Si](C)(C)OC(CCl)C1=O. The van der Waals surface area contributed by atoms with Crippen LogP contribution in [0.3, 0.4) is 0 Å². The summed E-state index contributed by atoms with van der Waals surface area (Å²) in [6, 6.07) is 0. The molecule has 1 aliphatic heterocycles. The highest BCUT2D eigenvalue weighted by molar-refractivity contribution is 6.72. The van der Waals surface area contributed by atoms with Gasteiger partial charge >= 0.3 is 0 Å². The van der Waals surface area contributed by atoms with Crippen molar-refractivity contribution < 1.29 is 9.22 Å². The van der Waals surface area contributed by atoms with Crippen molar-refractivity contribution in [2.75, 3.05) is 19.1 Å². The standard InChI is InChI=1S/C7H14ClNO2Si/c1-9-5-12(2,3)11-6(4-8)7(9)10/h6H,4-5H2,1-3H3. The third-order valence-corrected chi connectivity index (χ3v) is 4.31. The smallest absolute Gasteiger partial charge is 0.251 e. The molecule has 0 aromatic carbocycles. The molecule has 1 unspecified atom stereocenters. The van der Waals surface area contributed by atoms with Crippen molar-refractivity contribution in [2.45, 2.75) is 19.2 Å². The Kier molecular flexibility index (Phi) is 2.80. The van der Waals surface area contributed by atoms with Crippen LogP contribution in [0.2, 0.25) is 13.1 Å². The van der Waals surface area contributed by atoms with Gasteiger partial charge in [-0.3, -0.25) is 4.79 Å². The van der Waals surface area contributed by atoms with Crippen molar-refractivity contribution in [1.82, 2.24) is 4.90 Å². The lowest BCUT2D eigenvalue weighted by Crippen LogP contribution is -2.58. The zero-order valence-electron chi connectivity index (χ0n) is 7.63. The number of carbonyl (C=O) groups excluding carboxylic acids is 1. The van der Waals surface area contributed by atoms with E-state index in [1.807, 2.05) is 0 Å². The average molecular weight is 208 g/mol. The second kappa shape index (κ2) is 3.36. The molecule has 0 bridgehead atoms. The Bertz CT molecular complexity index is 198. The van der Waals surface area contributed by atoms with E-state index >= 15 is 0 Å². The second-order valence-corrected chi connectivity index (χ2v) is 8.09. The third kappa shape index (κ3) is 2.00. The van der Waals surface area contributed by atoms with Crippen LogP contribution in [0.4, 0.5) is 0 Å². The van der Waals surface area contributed by atoms with Gasteiger partial charge in [0.25, 0.3) is 5.91 Å². The molecule has 0 saturated carbocycles. The van der Waals surface area contributed by atoms with Gasteiger partial charge in [0.15, 0.2) is 0 Å². The van der Waals surface area contributed by atoms with Gasteiger partial charge in [0, 0.05) is 13.2 Å². The van der Waals surface area contributed by atoms with Crippen molar-refractivity contribution in [3.05, 3.63) is 0 Å². The van der Waals surface area contributed by atoms with E-state index in [0.29, 0.717) is 0 Å². The van der Waals surface area contributed by atoms with Crippen LogP contribution >= 0.6 is 11.6 Å². The summed E-state index contributed by atoms with van der Waals surface area (Å²) in [6.07, 6.45) is 0.353. The summed E-state index contributed by atoms with van der Waals surface area (Å²) in [6.45, 7) is 4.19. The normalized spacial score (nSPS) is 29.2. The van der Waals surface area contributed by atoms with Crippen molar-refractivity contribution in [1.29, 1.82) is 0 Å². The fourth-order valence-corrected chi connectivity index (χ4v) is 4.09. The molecule has 0 aromatic rings. The van der Waals surface area contributed by atoms with Crippen LogP contribution in [-0.2, 0) is 9.22 Å². The van der Waals surface area contributed by atoms with Crippen LogP contribution in [0.1, 0.15) is 0 Å². The summed E-state index contributed by atoms with van der Waals surface area (Å²) in [5.74, 6) is 0.274. The molecular weight excluding hydrogens is 194 g/mol. The molecule has 1 fully saturated rings. The second-order valence-electron chi connectivity index (χ2n) is 3.71. The summed E-state index contributed by atoms with van der Waals surface area (Å²) in [4.78, 5) is 13.1. The number of alkyl halides is 1. The number of carbonyl (C=O) groups is 1. The van der Waals surface area contributed by atoms with E-state index in [1.54, 1.807) is 11.9 Å². The number of rotatable bonds is 1. The molecule has 0 spiro atoms. The van der Waals surface area contributed by atoms with Gasteiger partial charge in [-0.05, 0) is 13.1 Å². The van der Waals surface area contributed by atoms with Gasteiger partial charge in [-0.25, -0.2) is 0 Å². The summed E-state index contributed by atoms with van der Waals surface area (Å²) >= 11 is 5.62. The number of nitrogens with zero attached hydrogens (tertiary/aromatic N) is 1. The first-order valence-electron chi connectivity index (χ1n) is 3.95. The Labute approximate surface area is 78.8 Å². The van der Waals surface area contributed by atoms with Crippen molar-refractivity contribution in [2.24, 2.45) is 0 Å². The summed E-state index contributed by atoms with van der Waals surface area (Å²) in [5.41, 5.74) is 0. The van der Waals surface area contributed by atoms with Gasteiger partial charge < -0.3 is 9.33 Å². The predicted octanol–water partition coefficient (Wildman–Crippen LogP) is 0.827. The molecule has 5 heteroatoms. The van der Waals surface area contributed by atoms with Gasteiger partial charge in [0.05, 0.1) is 5.88 Å². The first kappa shape index (κ1) is 10.0. The van der Waals surface area contributed by atoms with Crippen molar-refractivity contribution >= 4 is 25.8 Å². The Morgan fingerprint density at radius 3 is 2.83 bits per heavy atom. The van der Waals surface area contributed by atoms with E-state index in [-0.39, 0.29) is 11.8 Å². The molecule has 0 N–H and O–H groups in total. The van der Waals surface area contributed by atoms with Gasteiger partial charge in [-0.1, -0.05) is 0 Å². The van der Waals surface area contributed by atoms with Crippen LogP contribution in [0.5, 0.6) is 0 Å². The lowest BCUT2D eigenvalue weighted by atomic mass is 10.4. The maximum absolute atomic E-state index is 11.4. The van der Waals surface area contributed by atoms with E-state index in [2.05, 4.69) is 13.1 Å². The molecule has 1 heterocycles. The minimum Gasteiger partial charge on any atom is -0.403 e. The molecule has 1 amide bonds. The Hall–Kier alpha value is -0.0631. The molecular formula is C7H14ClNO2Si. The minimum absolute atomic E-state index is 0.0109. The Balaban J connectivity index is 2.71. The number of amides is 1. The topological polar surface area (TPSA) is 29.5 Å². The molecule has 12 heavy (non-hydrogen) atoms. The first-order chi connectivity index (χ1) is 5.46. The van der Waals surface area contributed by atoms with E-state index in [4.69, 9.17) is 16.0 Å². The van der Waals surface area contributed by atoms with Crippen LogP contribution < -0.4 is 0 Å². The fraction of sp³-hybridized carbons (Fsp3) is 0.857.